The van der Waals surface area contributed by atoms with Gasteiger partial charge in [-0.05, 0) is 12.8 Å². The van der Waals surface area contributed by atoms with E-state index in [2.05, 4.69) is 25.2 Å². The fourth-order valence-corrected chi connectivity index (χ4v) is 2.85. The molecule has 1 fully saturated rings. The summed E-state index contributed by atoms with van der Waals surface area (Å²) in [6, 6.07) is 1.81. The molecule has 9 heteroatoms. The molecule has 0 amide bonds. The van der Waals surface area contributed by atoms with Crippen LogP contribution in [0.15, 0.2) is 18.5 Å². The smallest absolute Gasteiger partial charge is 0.218 e. The lowest BCUT2D eigenvalue weighted by atomic mass is 9.91. The number of methoxy groups -OCH3 is 2. The quantitative estimate of drug-likeness (QED) is 0.803. The van der Waals surface area contributed by atoms with E-state index in [-0.39, 0.29) is 0 Å². The molecule has 0 atom stereocenters. The standard InChI is InChI=1S/C15H22N6O3/c1-23-10-12-17-13(9-14(18-12)24-2)20-6-3-15(22,4-7-20)11-21-8-5-16-19-21/h5,8-9,22H,3-4,6-7,10-11H2,1-2H3. The van der Waals surface area contributed by atoms with E-state index >= 15 is 0 Å². The van der Waals surface area contributed by atoms with Crippen molar-refractivity contribution in [2.24, 2.45) is 0 Å². The molecular formula is C15H22N6O3. The van der Waals surface area contributed by atoms with Crippen LogP contribution in [0.3, 0.4) is 0 Å². The van der Waals surface area contributed by atoms with Crippen molar-refractivity contribution >= 4 is 5.82 Å². The Labute approximate surface area is 140 Å². The van der Waals surface area contributed by atoms with Crippen LogP contribution in [0.4, 0.5) is 5.82 Å². The van der Waals surface area contributed by atoms with E-state index in [9.17, 15) is 5.11 Å². The molecule has 9 nitrogen and oxygen atoms in total. The molecule has 0 unspecified atom stereocenters. The van der Waals surface area contributed by atoms with Gasteiger partial charge in [0.05, 0.1) is 25.5 Å². The highest BCUT2D eigenvalue weighted by Crippen LogP contribution is 2.28. The predicted octanol–water partition coefficient (Wildman–Crippen LogP) is 0.255. The maximum atomic E-state index is 10.8. The lowest BCUT2D eigenvalue weighted by Crippen LogP contribution is -2.47. The number of anilines is 1. The Morgan fingerprint density at radius 1 is 1.25 bits per heavy atom. The summed E-state index contributed by atoms with van der Waals surface area (Å²) in [5, 5.41) is 18.5. The molecule has 1 N–H and O–H groups in total. The summed E-state index contributed by atoms with van der Waals surface area (Å²) in [5.74, 6) is 1.88. The third-order valence-electron chi connectivity index (χ3n) is 4.16. The maximum absolute atomic E-state index is 10.8. The van der Waals surface area contributed by atoms with Crippen molar-refractivity contribution in [3.05, 3.63) is 24.3 Å². The molecule has 0 aromatic carbocycles. The first kappa shape index (κ1) is 16.6. The van der Waals surface area contributed by atoms with Crippen molar-refractivity contribution in [3.8, 4) is 5.88 Å². The second-order valence-electron chi connectivity index (χ2n) is 5.93. The molecule has 1 saturated heterocycles. The molecule has 2 aromatic heterocycles. The van der Waals surface area contributed by atoms with E-state index in [1.807, 2.05) is 0 Å². The summed E-state index contributed by atoms with van der Waals surface area (Å²) in [7, 11) is 3.18. The molecule has 24 heavy (non-hydrogen) atoms. The lowest BCUT2D eigenvalue weighted by Gasteiger charge is -2.38. The van der Waals surface area contributed by atoms with Crippen LogP contribution in [-0.4, -0.2) is 63.0 Å². The van der Waals surface area contributed by atoms with E-state index in [1.54, 1.807) is 37.4 Å². The van der Waals surface area contributed by atoms with Gasteiger partial charge in [0.25, 0.3) is 0 Å². The molecule has 3 heterocycles. The van der Waals surface area contributed by atoms with Gasteiger partial charge in [-0.3, -0.25) is 0 Å². The summed E-state index contributed by atoms with van der Waals surface area (Å²) in [6.07, 6.45) is 4.62. The monoisotopic (exact) mass is 334 g/mol. The Morgan fingerprint density at radius 3 is 2.67 bits per heavy atom. The molecule has 1 aliphatic rings. The Morgan fingerprint density at radius 2 is 2.04 bits per heavy atom. The molecule has 1 aliphatic heterocycles. The number of hydrogen-bond acceptors (Lipinski definition) is 8. The molecule has 0 radical (unpaired) electrons. The van der Waals surface area contributed by atoms with E-state index < -0.39 is 5.60 Å². The number of rotatable bonds is 6. The van der Waals surface area contributed by atoms with Gasteiger partial charge in [-0.15, -0.1) is 5.10 Å². The molecule has 0 saturated carbocycles. The second kappa shape index (κ2) is 7.10. The molecule has 0 aliphatic carbocycles. The van der Waals surface area contributed by atoms with Crippen LogP contribution in [0, 0.1) is 0 Å². The van der Waals surface area contributed by atoms with Crippen LogP contribution < -0.4 is 9.64 Å². The molecule has 3 rings (SSSR count). The van der Waals surface area contributed by atoms with Gasteiger partial charge >= 0.3 is 0 Å². The van der Waals surface area contributed by atoms with Crippen molar-refractivity contribution in [1.29, 1.82) is 0 Å². The molecular weight excluding hydrogens is 312 g/mol. The van der Waals surface area contributed by atoms with E-state index in [4.69, 9.17) is 9.47 Å². The van der Waals surface area contributed by atoms with Crippen molar-refractivity contribution in [2.75, 3.05) is 32.2 Å². The van der Waals surface area contributed by atoms with Gasteiger partial charge in [0.1, 0.15) is 12.4 Å². The van der Waals surface area contributed by atoms with Gasteiger partial charge in [0, 0.05) is 32.5 Å². The third-order valence-corrected chi connectivity index (χ3v) is 4.16. The molecule has 0 bridgehead atoms. The Balaban J connectivity index is 1.68. The minimum atomic E-state index is -0.781. The number of aliphatic hydroxyl groups is 1. The van der Waals surface area contributed by atoms with Gasteiger partial charge in [-0.1, -0.05) is 5.21 Å². The van der Waals surface area contributed by atoms with Crippen LogP contribution in [0.2, 0.25) is 0 Å². The van der Waals surface area contributed by atoms with Crippen molar-refractivity contribution in [3.63, 3.8) is 0 Å². The number of aromatic nitrogens is 5. The SMILES string of the molecule is COCc1nc(OC)cc(N2CCC(O)(Cn3ccnn3)CC2)n1. The maximum Gasteiger partial charge on any atom is 0.218 e. The molecule has 2 aromatic rings. The Bertz CT molecular complexity index is 655. The zero-order chi connectivity index (χ0) is 17.0. The summed E-state index contributed by atoms with van der Waals surface area (Å²) < 4.78 is 12.0. The van der Waals surface area contributed by atoms with Crippen LogP contribution in [-0.2, 0) is 17.9 Å². The van der Waals surface area contributed by atoms with Crippen LogP contribution in [0.1, 0.15) is 18.7 Å². The first-order valence-corrected chi connectivity index (χ1v) is 7.84. The average Bonchev–Trinajstić information content (AvgIpc) is 3.08. The first-order chi connectivity index (χ1) is 11.6. The number of hydrogen-bond donors (Lipinski definition) is 1. The van der Waals surface area contributed by atoms with Crippen LogP contribution >= 0.6 is 0 Å². The summed E-state index contributed by atoms with van der Waals surface area (Å²) in [5.41, 5.74) is -0.781. The van der Waals surface area contributed by atoms with Gasteiger partial charge in [0.2, 0.25) is 5.88 Å². The van der Waals surface area contributed by atoms with Crippen molar-refractivity contribution in [1.82, 2.24) is 25.0 Å². The van der Waals surface area contributed by atoms with Crippen LogP contribution in [0.5, 0.6) is 5.88 Å². The van der Waals surface area contributed by atoms with E-state index in [0.29, 0.717) is 50.8 Å². The van der Waals surface area contributed by atoms with Crippen molar-refractivity contribution < 1.29 is 14.6 Å². The van der Waals surface area contributed by atoms with Gasteiger partial charge < -0.3 is 19.5 Å². The number of ether oxygens (including phenoxy) is 2. The third kappa shape index (κ3) is 3.80. The second-order valence-corrected chi connectivity index (χ2v) is 5.93. The zero-order valence-electron chi connectivity index (χ0n) is 13.9. The average molecular weight is 334 g/mol. The van der Waals surface area contributed by atoms with Gasteiger partial charge in [0.15, 0.2) is 5.82 Å². The van der Waals surface area contributed by atoms with Gasteiger partial charge in [-0.25, -0.2) is 9.67 Å². The highest BCUT2D eigenvalue weighted by atomic mass is 16.5. The van der Waals surface area contributed by atoms with Crippen LogP contribution in [0.25, 0.3) is 0 Å². The largest absolute Gasteiger partial charge is 0.481 e. The first-order valence-electron chi connectivity index (χ1n) is 7.84. The Hall–Kier alpha value is -2.26. The highest BCUT2D eigenvalue weighted by molar-refractivity contribution is 5.42. The van der Waals surface area contributed by atoms with E-state index in [1.165, 1.54) is 0 Å². The van der Waals surface area contributed by atoms with Crippen molar-refractivity contribution in [2.45, 2.75) is 31.6 Å². The minimum absolute atomic E-state index is 0.328. The topological polar surface area (TPSA) is 98.4 Å². The minimum Gasteiger partial charge on any atom is -0.481 e. The summed E-state index contributed by atoms with van der Waals surface area (Å²) in [6.45, 7) is 2.16. The van der Waals surface area contributed by atoms with E-state index in [0.717, 1.165) is 5.82 Å². The number of piperidine rings is 1. The Kier molecular flexibility index (Phi) is 4.91. The summed E-state index contributed by atoms with van der Waals surface area (Å²) >= 11 is 0. The normalized spacial score (nSPS) is 17.0. The zero-order valence-corrected chi connectivity index (χ0v) is 13.9. The lowest BCUT2D eigenvalue weighted by molar-refractivity contribution is -0.00357. The highest BCUT2D eigenvalue weighted by Gasteiger charge is 2.33. The molecule has 130 valence electrons. The number of nitrogens with zero attached hydrogens (tertiary/aromatic N) is 6. The van der Waals surface area contributed by atoms with Gasteiger partial charge in [-0.2, -0.15) is 4.98 Å². The predicted molar refractivity (Wildman–Crippen MR) is 85.7 cm³/mol. The fourth-order valence-electron chi connectivity index (χ4n) is 2.85. The molecule has 0 spiro atoms. The fraction of sp³-hybridized carbons (Fsp3) is 0.600. The summed E-state index contributed by atoms with van der Waals surface area (Å²) in [4.78, 5) is 10.9.